The van der Waals surface area contributed by atoms with Gasteiger partial charge in [0.25, 0.3) is 0 Å². The van der Waals surface area contributed by atoms with E-state index in [0.717, 1.165) is 44.3 Å². The van der Waals surface area contributed by atoms with E-state index in [0.29, 0.717) is 23.7 Å². The molecular weight excluding hydrogens is 438 g/mol. The molecule has 0 amide bonds. The van der Waals surface area contributed by atoms with Crippen molar-refractivity contribution in [3.05, 3.63) is 29.3 Å². The molecule has 2 aliphatic rings. The van der Waals surface area contributed by atoms with Crippen molar-refractivity contribution in [2.45, 2.75) is 109 Å². The van der Waals surface area contributed by atoms with Crippen LogP contribution in [0, 0.1) is 35.0 Å². The van der Waals surface area contributed by atoms with Crippen molar-refractivity contribution in [1.82, 2.24) is 0 Å². The van der Waals surface area contributed by atoms with Gasteiger partial charge in [0.1, 0.15) is 11.8 Å². The number of benzene rings is 1. The summed E-state index contributed by atoms with van der Waals surface area (Å²) in [5.41, 5.74) is 2.59. The standard InChI is InChI=1S/C29H47NO3Si/c1-6-7-8-10-21(20-29(2,3)34(4,5)32)13-14-24-25-17-22-11-9-12-28(33-16-15-30)26(22)18-23(25)19-27(24)31/h9,11-12,21,23-25,27,31-32H,6-8,10,13-14,16-20H2,1-5H3/t21?,23-,24-,25-,27?/m1/s1. The van der Waals surface area contributed by atoms with Gasteiger partial charge in [-0.2, -0.15) is 5.26 Å². The Morgan fingerprint density at radius 1 is 1.21 bits per heavy atom. The number of aliphatic hydroxyl groups excluding tert-OH is 1. The molecule has 2 aliphatic carbocycles. The highest BCUT2D eigenvalue weighted by atomic mass is 28.4. The molecule has 0 radical (unpaired) electrons. The number of aliphatic hydroxyl groups is 1. The van der Waals surface area contributed by atoms with Crippen LogP contribution in [0.15, 0.2) is 18.2 Å². The summed E-state index contributed by atoms with van der Waals surface area (Å²) in [7, 11) is -2.23. The van der Waals surface area contributed by atoms with Crippen molar-refractivity contribution in [3.8, 4) is 11.8 Å². The first-order valence-corrected chi connectivity index (χ1v) is 16.5. The zero-order valence-electron chi connectivity index (χ0n) is 22.1. The Kier molecular flexibility index (Phi) is 9.28. The Morgan fingerprint density at radius 2 is 1.97 bits per heavy atom. The molecule has 0 saturated heterocycles. The van der Waals surface area contributed by atoms with Gasteiger partial charge < -0.3 is 14.6 Å². The van der Waals surface area contributed by atoms with Crippen molar-refractivity contribution in [2.24, 2.45) is 23.7 Å². The van der Waals surface area contributed by atoms with Crippen LogP contribution in [0.25, 0.3) is 0 Å². The summed E-state index contributed by atoms with van der Waals surface area (Å²) in [5.74, 6) is 2.86. The SMILES string of the molecule is CCCCCC(CC[C@H]1C(O)C[C@H]2Cc3c(cccc3OCC#N)C[C@H]21)CC(C)(C)[Si](C)(C)O. The van der Waals surface area contributed by atoms with Gasteiger partial charge in [-0.1, -0.05) is 65.0 Å². The lowest BCUT2D eigenvalue weighted by Crippen LogP contribution is -2.40. The van der Waals surface area contributed by atoms with Crippen molar-refractivity contribution in [2.75, 3.05) is 6.61 Å². The van der Waals surface area contributed by atoms with Crippen LogP contribution < -0.4 is 4.74 Å². The van der Waals surface area contributed by atoms with E-state index in [2.05, 4.69) is 46.0 Å². The highest BCUT2D eigenvalue weighted by Crippen LogP contribution is 2.50. The molecule has 0 heterocycles. The fourth-order valence-corrected chi connectivity index (χ4v) is 7.27. The topological polar surface area (TPSA) is 73.5 Å². The first kappa shape index (κ1) is 27.2. The van der Waals surface area contributed by atoms with E-state index in [1.54, 1.807) is 0 Å². The minimum Gasteiger partial charge on any atom is -0.478 e. The lowest BCUT2D eigenvalue weighted by atomic mass is 9.73. The third-order valence-corrected chi connectivity index (χ3v) is 12.7. The molecule has 4 nitrogen and oxygen atoms in total. The molecule has 34 heavy (non-hydrogen) atoms. The fourth-order valence-electron chi connectivity index (χ4n) is 6.48. The smallest absolute Gasteiger partial charge is 0.188 e. The van der Waals surface area contributed by atoms with Crippen molar-refractivity contribution < 1.29 is 14.6 Å². The fraction of sp³-hybridized carbons (Fsp3) is 0.759. The summed E-state index contributed by atoms with van der Waals surface area (Å²) in [4.78, 5) is 10.9. The number of nitriles is 1. The first-order chi connectivity index (χ1) is 16.1. The molecule has 5 atom stereocenters. The lowest BCUT2D eigenvalue weighted by molar-refractivity contribution is 0.104. The van der Waals surface area contributed by atoms with Gasteiger partial charge in [-0.3, -0.25) is 0 Å². The number of fused-ring (bicyclic) bond motifs is 2. The van der Waals surface area contributed by atoms with Crippen LogP contribution in [-0.2, 0) is 12.8 Å². The van der Waals surface area contributed by atoms with Gasteiger partial charge in [-0.05, 0) is 91.1 Å². The van der Waals surface area contributed by atoms with E-state index in [9.17, 15) is 9.90 Å². The third kappa shape index (κ3) is 6.45. The van der Waals surface area contributed by atoms with E-state index in [1.165, 1.54) is 36.8 Å². The Labute approximate surface area is 208 Å². The minimum absolute atomic E-state index is 0.00428. The average molecular weight is 486 g/mol. The average Bonchev–Trinajstić information content (AvgIpc) is 3.07. The largest absolute Gasteiger partial charge is 0.478 e. The van der Waals surface area contributed by atoms with Gasteiger partial charge in [0.2, 0.25) is 0 Å². The van der Waals surface area contributed by atoms with Crippen LogP contribution in [0.1, 0.15) is 83.3 Å². The summed E-state index contributed by atoms with van der Waals surface area (Å²) < 4.78 is 5.71. The second kappa shape index (κ2) is 11.6. The minimum atomic E-state index is -2.23. The molecule has 0 aromatic heterocycles. The molecule has 190 valence electrons. The quantitative estimate of drug-likeness (QED) is 0.257. The van der Waals surface area contributed by atoms with E-state index in [4.69, 9.17) is 10.00 Å². The highest BCUT2D eigenvalue weighted by molar-refractivity contribution is 6.72. The number of rotatable bonds is 12. The molecule has 0 bridgehead atoms. The molecule has 1 saturated carbocycles. The van der Waals surface area contributed by atoms with Crippen LogP contribution in [0.4, 0.5) is 0 Å². The van der Waals surface area contributed by atoms with E-state index in [1.807, 2.05) is 12.1 Å². The molecule has 1 aromatic rings. The van der Waals surface area contributed by atoms with Crippen molar-refractivity contribution in [3.63, 3.8) is 0 Å². The van der Waals surface area contributed by atoms with Crippen LogP contribution >= 0.6 is 0 Å². The third-order valence-electron chi connectivity index (χ3n) is 9.22. The number of unbranched alkanes of at least 4 members (excludes halogenated alkanes) is 2. The molecule has 5 heteroatoms. The van der Waals surface area contributed by atoms with Crippen LogP contribution in [0.5, 0.6) is 5.75 Å². The Bertz CT molecular complexity index is 841. The van der Waals surface area contributed by atoms with Crippen LogP contribution in [-0.4, -0.2) is 30.9 Å². The van der Waals surface area contributed by atoms with E-state index in [-0.39, 0.29) is 17.7 Å². The number of nitrogens with zero attached hydrogens (tertiary/aromatic N) is 1. The second-order valence-corrected chi connectivity index (χ2v) is 16.7. The Hall–Kier alpha value is -1.35. The van der Waals surface area contributed by atoms with E-state index >= 15 is 0 Å². The molecule has 2 unspecified atom stereocenters. The maximum atomic E-state index is 11.1. The van der Waals surface area contributed by atoms with E-state index < -0.39 is 8.32 Å². The van der Waals surface area contributed by atoms with Crippen LogP contribution in [0.3, 0.4) is 0 Å². The lowest BCUT2D eigenvalue weighted by Gasteiger charge is -2.39. The number of hydrogen-bond donors (Lipinski definition) is 2. The van der Waals surface area contributed by atoms with Crippen LogP contribution in [0.2, 0.25) is 18.1 Å². The molecule has 0 aliphatic heterocycles. The van der Waals surface area contributed by atoms with Crippen molar-refractivity contribution in [1.29, 1.82) is 5.26 Å². The molecular formula is C29H47NO3Si. The van der Waals surface area contributed by atoms with Gasteiger partial charge in [0.15, 0.2) is 14.9 Å². The Balaban J connectivity index is 1.69. The maximum Gasteiger partial charge on any atom is 0.188 e. The molecule has 1 aromatic carbocycles. The highest BCUT2D eigenvalue weighted by Gasteiger charge is 2.45. The number of ether oxygens (including phenoxy) is 1. The molecule has 2 N–H and O–H groups in total. The van der Waals surface area contributed by atoms with Gasteiger partial charge >= 0.3 is 0 Å². The monoisotopic (exact) mass is 485 g/mol. The van der Waals surface area contributed by atoms with Gasteiger partial charge in [-0.15, -0.1) is 0 Å². The zero-order chi connectivity index (χ0) is 24.9. The molecule has 3 rings (SSSR count). The maximum absolute atomic E-state index is 11.1. The molecule has 1 fully saturated rings. The van der Waals surface area contributed by atoms with Gasteiger partial charge in [0, 0.05) is 0 Å². The summed E-state index contributed by atoms with van der Waals surface area (Å²) in [5, 5.41) is 20.0. The predicted molar refractivity (Wildman–Crippen MR) is 141 cm³/mol. The van der Waals surface area contributed by atoms with Gasteiger partial charge in [0.05, 0.1) is 6.10 Å². The molecule has 0 spiro atoms. The normalized spacial score (nSPS) is 25.4. The van der Waals surface area contributed by atoms with Gasteiger partial charge in [-0.25, -0.2) is 0 Å². The second-order valence-electron chi connectivity index (χ2n) is 12.2. The summed E-state index contributed by atoms with van der Waals surface area (Å²) in [6.45, 7) is 11.0. The van der Waals surface area contributed by atoms with Crippen molar-refractivity contribution >= 4 is 8.32 Å². The summed E-state index contributed by atoms with van der Waals surface area (Å²) in [6, 6.07) is 8.30. The first-order valence-electron chi connectivity index (χ1n) is 13.6. The zero-order valence-corrected chi connectivity index (χ0v) is 23.1. The summed E-state index contributed by atoms with van der Waals surface area (Å²) >= 11 is 0. The predicted octanol–water partition coefficient (Wildman–Crippen LogP) is 6.65. The Morgan fingerprint density at radius 3 is 2.65 bits per heavy atom. The summed E-state index contributed by atoms with van der Waals surface area (Å²) in [6.07, 6.45) is 11.0. The number of hydrogen-bond acceptors (Lipinski definition) is 4.